The third-order valence-corrected chi connectivity index (χ3v) is 6.31. The molecule has 132 valence electrons. The number of hydrogen-bond acceptors (Lipinski definition) is 3. The minimum atomic E-state index is -3.49. The topological polar surface area (TPSA) is 57.7 Å². The van der Waals surface area contributed by atoms with Crippen LogP contribution < -0.4 is 4.90 Å². The van der Waals surface area contributed by atoms with Crippen LogP contribution in [-0.2, 0) is 16.4 Å². The lowest BCUT2D eigenvalue weighted by molar-refractivity contribution is 0.0985. The van der Waals surface area contributed by atoms with Crippen LogP contribution in [0.25, 0.3) is 0 Å². The Balaban J connectivity index is 1.99. The van der Waals surface area contributed by atoms with Gasteiger partial charge in [-0.25, -0.2) is 12.7 Å². The van der Waals surface area contributed by atoms with Gasteiger partial charge in [-0.1, -0.05) is 17.7 Å². The summed E-state index contributed by atoms with van der Waals surface area (Å²) in [6.07, 6.45) is 1.52. The van der Waals surface area contributed by atoms with E-state index >= 15 is 0 Å². The normalized spacial score (nSPS) is 14.5. The van der Waals surface area contributed by atoms with Gasteiger partial charge in [0.25, 0.3) is 5.91 Å². The maximum absolute atomic E-state index is 12.8. The first kappa shape index (κ1) is 17.9. The van der Waals surface area contributed by atoms with E-state index in [9.17, 15) is 13.2 Å². The van der Waals surface area contributed by atoms with Gasteiger partial charge in [-0.05, 0) is 54.8 Å². The van der Waals surface area contributed by atoms with E-state index < -0.39 is 10.0 Å². The van der Waals surface area contributed by atoms with Crippen molar-refractivity contribution in [2.45, 2.75) is 17.7 Å². The molecule has 0 N–H and O–H groups in total. The highest BCUT2D eigenvalue weighted by molar-refractivity contribution is 7.89. The SMILES string of the molecule is CN(C)S(=O)(=O)c1ccc2c(c1)CCCN2C(=O)c1cccc(Cl)c1. The summed E-state index contributed by atoms with van der Waals surface area (Å²) in [5.74, 6) is -0.133. The second-order valence-electron chi connectivity index (χ2n) is 6.15. The first-order chi connectivity index (χ1) is 11.8. The second-order valence-corrected chi connectivity index (χ2v) is 8.74. The van der Waals surface area contributed by atoms with Crippen LogP contribution >= 0.6 is 11.6 Å². The molecule has 3 rings (SSSR count). The van der Waals surface area contributed by atoms with E-state index in [2.05, 4.69) is 0 Å². The number of amides is 1. The van der Waals surface area contributed by atoms with Crippen LogP contribution in [0.15, 0.2) is 47.4 Å². The highest BCUT2D eigenvalue weighted by Crippen LogP contribution is 2.31. The van der Waals surface area contributed by atoms with Crippen LogP contribution in [0.1, 0.15) is 22.3 Å². The molecule has 2 aromatic carbocycles. The Morgan fingerprint density at radius 1 is 1.16 bits per heavy atom. The molecule has 7 heteroatoms. The molecule has 1 heterocycles. The van der Waals surface area contributed by atoms with Gasteiger partial charge in [-0.3, -0.25) is 4.79 Å². The van der Waals surface area contributed by atoms with Crippen molar-refractivity contribution >= 4 is 33.2 Å². The molecule has 0 aliphatic carbocycles. The molecule has 0 radical (unpaired) electrons. The Bertz CT molecular complexity index is 926. The number of halogens is 1. The molecule has 1 amide bonds. The number of rotatable bonds is 3. The number of nitrogens with zero attached hydrogens (tertiary/aromatic N) is 2. The number of benzene rings is 2. The van der Waals surface area contributed by atoms with Gasteiger partial charge in [0.2, 0.25) is 10.0 Å². The fourth-order valence-corrected chi connectivity index (χ4v) is 4.08. The number of aryl methyl sites for hydroxylation is 1. The summed E-state index contributed by atoms with van der Waals surface area (Å²) in [5.41, 5.74) is 2.14. The molecule has 0 fully saturated rings. The molecule has 1 aliphatic heterocycles. The van der Waals surface area contributed by atoms with Crippen LogP contribution in [0, 0.1) is 0 Å². The number of fused-ring (bicyclic) bond motifs is 1. The summed E-state index contributed by atoms with van der Waals surface area (Å²) >= 11 is 5.99. The zero-order valence-electron chi connectivity index (χ0n) is 14.1. The van der Waals surface area contributed by atoms with Gasteiger partial charge in [-0.15, -0.1) is 0 Å². The number of hydrogen-bond donors (Lipinski definition) is 0. The third kappa shape index (κ3) is 3.42. The van der Waals surface area contributed by atoms with E-state index in [1.807, 2.05) is 0 Å². The molecule has 0 bridgehead atoms. The van der Waals surface area contributed by atoms with Crippen molar-refractivity contribution in [2.75, 3.05) is 25.5 Å². The van der Waals surface area contributed by atoms with Gasteiger partial charge in [0.1, 0.15) is 0 Å². The predicted octanol–water partition coefficient (Wildman–Crippen LogP) is 3.18. The quantitative estimate of drug-likeness (QED) is 0.824. The van der Waals surface area contributed by atoms with E-state index in [0.717, 1.165) is 24.1 Å². The molecule has 0 unspecified atom stereocenters. The molecular weight excluding hydrogens is 360 g/mol. The van der Waals surface area contributed by atoms with Gasteiger partial charge < -0.3 is 4.90 Å². The Hall–Kier alpha value is -1.89. The Morgan fingerprint density at radius 2 is 1.92 bits per heavy atom. The summed E-state index contributed by atoms with van der Waals surface area (Å²) in [4.78, 5) is 14.8. The Kier molecular flexibility index (Phi) is 4.86. The minimum Gasteiger partial charge on any atom is -0.308 e. The van der Waals surface area contributed by atoms with Gasteiger partial charge >= 0.3 is 0 Å². The summed E-state index contributed by atoms with van der Waals surface area (Å²) in [5, 5.41) is 0.510. The van der Waals surface area contributed by atoms with E-state index in [4.69, 9.17) is 11.6 Å². The molecule has 0 spiro atoms. The van der Waals surface area contributed by atoms with Crippen molar-refractivity contribution in [3.63, 3.8) is 0 Å². The van der Waals surface area contributed by atoms with E-state index in [1.165, 1.54) is 18.4 Å². The minimum absolute atomic E-state index is 0.133. The maximum atomic E-state index is 12.8. The lowest BCUT2D eigenvalue weighted by atomic mass is 10.0. The van der Waals surface area contributed by atoms with E-state index in [0.29, 0.717) is 17.1 Å². The standard InChI is InChI=1S/C18H19ClN2O3S/c1-20(2)25(23,24)16-8-9-17-13(12-16)6-4-10-21(17)18(22)14-5-3-7-15(19)11-14/h3,5,7-9,11-12H,4,6,10H2,1-2H3. The summed E-state index contributed by atoms with van der Waals surface area (Å²) in [7, 11) is -0.486. The van der Waals surface area contributed by atoms with Gasteiger partial charge in [0, 0.05) is 36.9 Å². The summed E-state index contributed by atoms with van der Waals surface area (Å²) in [6.45, 7) is 0.595. The van der Waals surface area contributed by atoms with Crippen LogP contribution in [0.4, 0.5) is 5.69 Å². The molecule has 0 saturated carbocycles. The average molecular weight is 379 g/mol. The Morgan fingerprint density at radius 3 is 2.60 bits per heavy atom. The van der Waals surface area contributed by atoms with Crippen LogP contribution in [-0.4, -0.2) is 39.3 Å². The fourth-order valence-electron chi connectivity index (χ4n) is 2.93. The molecule has 5 nitrogen and oxygen atoms in total. The third-order valence-electron chi connectivity index (χ3n) is 4.26. The van der Waals surface area contributed by atoms with Crippen molar-refractivity contribution in [3.05, 3.63) is 58.6 Å². The number of carbonyl (C=O) groups excluding carboxylic acids is 1. The van der Waals surface area contributed by atoms with E-state index in [1.54, 1.807) is 47.4 Å². The predicted molar refractivity (Wildman–Crippen MR) is 98.8 cm³/mol. The van der Waals surface area contributed by atoms with Crippen molar-refractivity contribution in [2.24, 2.45) is 0 Å². The van der Waals surface area contributed by atoms with Crippen molar-refractivity contribution in [1.29, 1.82) is 0 Å². The van der Waals surface area contributed by atoms with Crippen molar-refractivity contribution in [3.8, 4) is 0 Å². The molecule has 0 saturated heterocycles. The zero-order valence-corrected chi connectivity index (χ0v) is 15.6. The van der Waals surface area contributed by atoms with Crippen LogP contribution in [0.5, 0.6) is 0 Å². The smallest absolute Gasteiger partial charge is 0.258 e. The lowest BCUT2D eigenvalue weighted by Gasteiger charge is -2.30. The highest BCUT2D eigenvalue weighted by atomic mass is 35.5. The largest absolute Gasteiger partial charge is 0.308 e. The van der Waals surface area contributed by atoms with Gasteiger partial charge in [-0.2, -0.15) is 0 Å². The van der Waals surface area contributed by atoms with Gasteiger partial charge in [0.15, 0.2) is 0 Å². The number of carbonyl (C=O) groups is 1. The maximum Gasteiger partial charge on any atom is 0.258 e. The molecule has 0 aromatic heterocycles. The second kappa shape index (κ2) is 6.78. The summed E-state index contributed by atoms with van der Waals surface area (Å²) in [6, 6.07) is 11.8. The average Bonchev–Trinajstić information content (AvgIpc) is 2.60. The zero-order chi connectivity index (χ0) is 18.2. The van der Waals surface area contributed by atoms with Crippen LogP contribution in [0.2, 0.25) is 5.02 Å². The van der Waals surface area contributed by atoms with Crippen molar-refractivity contribution in [1.82, 2.24) is 4.31 Å². The molecule has 0 atom stereocenters. The number of sulfonamides is 1. The summed E-state index contributed by atoms with van der Waals surface area (Å²) < 4.78 is 25.8. The monoisotopic (exact) mass is 378 g/mol. The first-order valence-corrected chi connectivity index (χ1v) is 9.75. The highest BCUT2D eigenvalue weighted by Gasteiger charge is 2.26. The molecule has 25 heavy (non-hydrogen) atoms. The molecular formula is C18H19ClN2O3S. The fraction of sp³-hybridized carbons (Fsp3) is 0.278. The Labute approximate surface area is 152 Å². The van der Waals surface area contributed by atoms with Crippen LogP contribution in [0.3, 0.4) is 0 Å². The first-order valence-electron chi connectivity index (χ1n) is 7.93. The molecule has 1 aliphatic rings. The molecule has 2 aromatic rings. The van der Waals surface area contributed by atoms with Crippen molar-refractivity contribution < 1.29 is 13.2 Å². The van der Waals surface area contributed by atoms with E-state index in [-0.39, 0.29) is 10.8 Å². The number of anilines is 1. The lowest BCUT2D eigenvalue weighted by Crippen LogP contribution is -2.35. The van der Waals surface area contributed by atoms with Gasteiger partial charge in [0.05, 0.1) is 4.90 Å².